The lowest BCUT2D eigenvalue weighted by Gasteiger charge is -2.08. The molecule has 0 saturated carbocycles. The molecule has 0 atom stereocenters. The first-order valence-corrected chi connectivity index (χ1v) is 4.71. The largest absolute Gasteiger partial charge is 0.573 e. The van der Waals surface area contributed by atoms with Crippen molar-refractivity contribution in [1.29, 1.82) is 0 Å². The summed E-state index contributed by atoms with van der Waals surface area (Å²) in [5, 5.41) is 3.62. The highest BCUT2D eigenvalue weighted by Gasteiger charge is 2.31. The van der Waals surface area contributed by atoms with Gasteiger partial charge in [0, 0.05) is 5.56 Å². The Morgan fingerprint density at radius 3 is 2.39 bits per heavy atom. The molecule has 1 aromatic heterocycles. The van der Waals surface area contributed by atoms with Crippen LogP contribution in [0.3, 0.4) is 0 Å². The van der Waals surface area contributed by atoms with Gasteiger partial charge in [0.2, 0.25) is 0 Å². The molecule has 0 N–H and O–H groups in total. The molecular weight excluding hydrogens is 251 g/mol. The summed E-state index contributed by atoms with van der Waals surface area (Å²) in [5.41, 5.74) is 0.176. The summed E-state index contributed by atoms with van der Waals surface area (Å²) in [5.74, 6) is -0.885. The highest BCUT2D eigenvalue weighted by molar-refractivity contribution is 5.95. The second kappa shape index (κ2) is 4.47. The first-order valence-electron chi connectivity index (χ1n) is 4.71. The number of aromatic nitrogens is 3. The van der Waals surface area contributed by atoms with Crippen LogP contribution in [0.5, 0.6) is 5.75 Å². The van der Waals surface area contributed by atoms with Crippen LogP contribution in [0.15, 0.2) is 36.9 Å². The lowest BCUT2D eigenvalue weighted by atomic mass is 10.2. The van der Waals surface area contributed by atoms with Gasteiger partial charge in [-0.3, -0.25) is 4.79 Å². The fraction of sp³-hybridized carbons (Fsp3) is 0.100. The Bertz CT molecular complexity index is 534. The summed E-state index contributed by atoms with van der Waals surface area (Å²) in [6.45, 7) is 0. The molecule has 2 aromatic rings. The van der Waals surface area contributed by atoms with Crippen molar-refractivity contribution < 1.29 is 22.7 Å². The van der Waals surface area contributed by atoms with Crippen molar-refractivity contribution in [3.63, 3.8) is 0 Å². The van der Waals surface area contributed by atoms with Gasteiger partial charge in [-0.25, -0.2) is 4.98 Å². The maximum Gasteiger partial charge on any atom is 0.573 e. The molecule has 94 valence electrons. The van der Waals surface area contributed by atoms with Crippen molar-refractivity contribution in [3.05, 3.63) is 42.5 Å². The monoisotopic (exact) mass is 257 g/mol. The smallest absolute Gasteiger partial charge is 0.406 e. The minimum absolute atomic E-state index is 0.176. The Hall–Kier alpha value is -2.38. The highest BCUT2D eigenvalue weighted by atomic mass is 19.4. The van der Waals surface area contributed by atoms with Gasteiger partial charge in [-0.1, -0.05) is 0 Å². The normalized spacial score (nSPS) is 11.3. The van der Waals surface area contributed by atoms with E-state index < -0.39 is 18.0 Å². The second-order valence-electron chi connectivity index (χ2n) is 3.22. The Morgan fingerprint density at radius 1 is 1.22 bits per heavy atom. The van der Waals surface area contributed by atoms with Gasteiger partial charge in [-0.05, 0) is 24.3 Å². The number of alkyl halides is 3. The molecule has 1 heterocycles. The third-order valence-corrected chi connectivity index (χ3v) is 1.96. The number of rotatable bonds is 2. The number of carbonyl (C=O) groups excluding carboxylic acids is 1. The first-order chi connectivity index (χ1) is 8.46. The van der Waals surface area contributed by atoms with Crippen LogP contribution in [-0.2, 0) is 0 Å². The molecule has 0 unspecified atom stereocenters. The molecule has 0 spiro atoms. The zero-order valence-corrected chi connectivity index (χ0v) is 8.76. The van der Waals surface area contributed by atoms with Crippen LogP contribution in [0.1, 0.15) is 10.4 Å². The van der Waals surface area contributed by atoms with E-state index >= 15 is 0 Å². The molecule has 0 aliphatic heterocycles. The molecule has 0 bridgehead atoms. The van der Waals surface area contributed by atoms with E-state index in [4.69, 9.17) is 0 Å². The molecule has 0 aliphatic carbocycles. The summed E-state index contributed by atoms with van der Waals surface area (Å²) in [6, 6.07) is 4.53. The molecule has 18 heavy (non-hydrogen) atoms. The predicted octanol–water partition coefficient (Wildman–Crippen LogP) is 1.87. The maximum atomic E-state index is 11.9. The van der Waals surface area contributed by atoms with E-state index in [0.717, 1.165) is 16.8 Å². The number of ether oxygens (including phenoxy) is 1. The summed E-state index contributed by atoms with van der Waals surface area (Å²) in [7, 11) is 0. The first kappa shape index (κ1) is 12.1. The fourth-order valence-corrected chi connectivity index (χ4v) is 1.24. The van der Waals surface area contributed by atoms with Crippen molar-refractivity contribution in [1.82, 2.24) is 14.8 Å². The van der Waals surface area contributed by atoms with Crippen molar-refractivity contribution in [2.75, 3.05) is 0 Å². The Labute approximate surface area is 98.8 Å². The van der Waals surface area contributed by atoms with Crippen LogP contribution < -0.4 is 4.74 Å². The maximum absolute atomic E-state index is 11.9. The molecule has 5 nitrogen and oxygen atoms in total. The van der Waals surface area contributed by atoms with Crippen LogP contribution in [0.4, 0.5) is 13.2 Å². The van der Waals surface area contributed by atoms with Gasteiger partial charge in [0.15, 0.2) is 0 Å². The highest BCUT2D eigenvalue weighted by Crippen LogP contribution is 2.22. The summed E-state index contributed by atoms with van der Waals surface area (Å²) in [6.07, 6.45) is -2.38. The Morgan fingerprint density at radius 2 is 1.89 bits per heavy atom. The fourth-order valence-electron chi connectivity index (χ4n) is 1.24. The van der Waals surface area contributed by atoms with Gasteiger partial charge >= 0.3 is 6.36 Å². The number of benzene rings is 1. The number of hydrogen-bond donors (Lipinski definition) is 0. The van der Waals surface area contributed by atoms with Crippen molar-refractivity contribution in [2.45, 2.75) is 6.36 Å². The summed E-state index contributed by atoms with van der Waals surface area (Å²) >= 11 is 0. The van der Waals surface area contributed by atoms with E-state index in [2.05, 4.69) is 14.8 Å². The number of carbonyl (C=O) groups is 1. The van der Waals surface area contributed by atoms with Gasteiger partial charge < -0.3 is 4.74 Å². The third-order valence-electron chi connectivity index (χ3n) is 1.96. The second-order valence-corrected chi connectivity index (χ2v) is 3.22. The Kier molecular flexibility index (Phi) is 3.00. The summed E-state index contributed by atoms with van der Waals surface area (Å²) in [4.78, 5) is 15.3. The topological polar surface area (TPSA) is 57.0 Å². The van der Waals surface area contributed by atoms with Crippen molar-refractivity contribution in [2.24, 2.45) is 0 Å². The third kappa shape index (κ3) is 2.84. The van der Waals surface area contributed by atoms with E-state index in [9.17, 15) is 18.0 Å². The molecule has 0 fully saturated rings. The number of nitrogens with zero attached hydrogens (tertiary/aromatic N) is 3. The molecule has 0 aliphatic rings. The minimum atomic E-state index is -4.75. The molecule has 0 saturated heterocycles. The van der Waals surface area contributed by atoms with Gasteiger partial charge in [0.05, 0.1) is 0 Å². The zero-order chi connectivity index (χ0) is 13.2. The average Bonchev–Trinajstić information content (AvgIpc) is 2.80. The van der Waals surface area contributed by atoms with E-state index in [1.165, 1.54) is 24.8 Å². The van der Waals surface area contributed by atoms with Crippen molar-refractivity contribution >= 4 is 5.91 Å². The SMILES string of the molecule is O=C(c1ccc(OC(F)(F)F)cc1)n1cncn1. The van der Waals surface area contributed by atoms with Crippen LogP contribution in [0, 0.1) is 0 Å². The van der Waals surface area contributed by atoms with Gasteiger partial charge in [-0.2, -0.15) is 9.78 Å². The van der Waals surface area contributed by atoms with Gasteiger partial charge in [0.1, 0.15) is 18.4 Å². The molecule has 0 amide bonds. The zero-order valence-electron chi connectivity index (χ0n) is 8.76. The van der Waals surface area contributed by atoms with E-state index in [1.807, 2.05) is 0 Å². The Balaban J connectivity index is 2.15. The number of hydrogen-bond acceptors (Lipinski definition) is 4. The molecule has 0 radical (unpaired) electrons. The van der Waals surface area contributed by atoms with Crippen LogP contribution in [0.25, 0.3) is 0 Å². The molecular formula is C10H6F3N3O2. The molecule has 1 aromatic carbocycles. The van der Waals surface area contributed by atoms with E-state index in [0.29, 0.717) is 0 Å². The van der Waals surface area contributed by atoms with Crippen LogP contribution in [-0.4, -0.2) is 27.0 Å². The average molecular weight is 257 g/mol. The van der Waals surface area contributed by atoms with E-state index in [1.54, 1.807) is 0 Å². The van der Waals surface area contributed by atoms with E-state index in [-0.39, 0.29) is 5.56 Å². The quantitative estimate of drug-likeness (QED) is 0.824. The standard InChI is InChI=1S/C10H6F3N3O2/c11-10(12,13)18-8-3-1-7(2-4-8)9(17)16-6-14-5-15-16/h1-6H. The molecule has 2 rings (SSSR count). The van der Waals surface area contributed by atoms with Crippen LogP contribution >= 0.6 is 0 Å². The lowest BCUT2D eigenvalue weighted by Crippen LogP contribution is -2.17. The van der Waals surface area contributed by atoms with Gasteiger partial charge in [0.25, 0.3) is 5.91 Å². The predicted molar refractivity (Wildman–Crippen MR) is 52.9 cm³/mol. The van der Waals surface area contributed by atoms with Gasteiger partial charge in [-0.15, -0.1) is 13.2 Å². The van der Waals surface area contributed by atoms with Crippen molar-refractivity contribution in [3.8, 4) is 5.75 Å². The molecule has 8 heteroatoms. The van der Waals surface area contributed by atoms with Crippen LogP contribution in [0.2, 0.25) is 0 Å². The lowest BCUT2D eigenvalue weighted by molar-refractivity contribution is -0.274. The minimum Gasteiger partial charge on any atom is -0.406 e. The summed E-state index contributed by atoms with van der Waals surface area (Å²) < 4.78 is 40.4. The number of halogens is 3.